The molecular formula is C12H26Cl2N2. The minimum atomic E-state index is 0. The molecule has 4 heteroatoms. The highest BCUT2D eigenvalue weighted by molar-refractivity contribution is 5.85. The van der Waals surface area contributed by atoms with Gasteiger partial charge in [0.05, 0.1) is 0 Å². The van der Waals surface area contributed by atoms with E-state index in [0.717, 1.165) is 6.04 Å². The summed E-state index contributed by atoms with van der Waals surface area (Å²) in [6.45, 7) is 5.22. The van der Waals surface area contributed by atoms with Crippen molar-refractivity contribution in [3.05, 3.63) is 0 Å². The minimum absolute atomic E-state index is 0. The summed E-state index contributed by atoms with van der Waals surface area (Å²) >= 11 is 0. The lowest BCUT2D eigenvalue weighted by molar-refractivity contribution is 0.161. The topological polar surface area (TPSA) is 6.48 Å². The summed E-state index contributed by atoms with van der Waals surface area (Å²) in [5, 5.41) is 0. The van der Waals surface area contributed by atoms with E-state index in [1.165, 1.54) is 64.7 Å². The summed E-state index contributed by atoms with van der Waals surface area (Å²) in [4.78, 5) is 5.23. The molecule has 2 aliphatic rings. The van der Waals surface area contributed by atoms with Crippen molar-refractivity contribution < 1.29 is 0 Å². The normalized spacial score (nSPS) is 25.3. The predicted octanol–water partition coefficient (Wildman–Crippen LogP) is 2.80. The van der Waals surface area contributed by atoms with Gasteiger partial charge in [0.25, 0.3) is 0 Å². The van der Waals surface area contributed by atoms with Crippen molar-refractivity contribution in [1.82, 2.24) is 9.80 Å². The van der Waals surface area contributed by atoms with Crippen molar-refractivity contribution in [2.24, 2.45) is 0 Å². The van der Waals surface area contributed by atoms with Crippen molar-refractivity contribution in [2.75, 3.05) is 33.2 Å². The lowest BCUT2D eigenvalue weighted by Crippen LogP contribution is -2.39. The van der Waals surface area contributed by atoms with E-state index in [1.807, 2.05) is 0 Å². The van der Waals surface area contributed by atoms with Gasteiger partial charge in [0.2, 0.25) is 0 Å². The number of hydrogen-bond donors (Lipinski definition) is 0. The van der Waals surface area contributed by atoms with E-state index in [4.69, 9.17) is 0 Å². The number of likely N-dealkylation sites (N-methyl/N-ethyl adjacent to an activating group) is 1. The Hall–Kier alpha value is 0.500. The second-order valence-electron chi connectivity index (χ2n) is 4.98. The lowest BCUT2D eigenvalue weighted by Gasteiger charge is -2.33. The van der Waals surface area contributed by atoms with E-state index in [-0.39, 0.29) is 24.8 Å². The summed E-state index contributed by atoms with van der Waals surface area (Å²) in [6.07, 6.45) is 8.71. The fourth-order valence-electron chi connectivity index (χ4n) is 2.88. The number of halogens is 2. The van der Waals surface area contributed by atoms with Crippen LogP contribution in [0.4, 0.5) is 0 Å². The molecule has 1 heterocycles. The highest BCUT2D eigenvalue weighted by Crippen LogP contribution is 2.23. The van der Waals surface area contributed by atoms with Gasteiger partial charge in [-0.2, -0.15) is 0 Å². The van der Waals surface area contributed by atoms with Crippen molar-refractivity contribution in [3.8, 4) is 0 Å². The lowest BCUT2D eigenvalue weighted by atomic mass is 9.94. The molecule has 1 aliphatic carbocycles. The molecule has 2 rings (SSSR count). The monoisotopic (exact) mass is 268 g/mol. The standard InChI is InChI=1S/C12H24N2.2ClH/c1-13-8-5-9-14(11-10-13)12-6-3-2-4-7-12;;/h12H,2-11H2,1H3;2*1H. The van der Waals surface area contributed by atoms with Crippen molar-refractivity contribution in [1.29, 1.82) is 0 Å². The zero-order chi connectivity index (χ0) is 9.80. The molecule has 0 aromatic carbocycles. The molecule has 0 aromatic rings. The largest absolute Gasteiger partial charge is 0.305 e. The molecule has 0 bridgehead atoms. The summed E-state index contributed by atoms with van der Waals surface area (Å²) in [7, 11) is 2.25. The van der Waals surface area contributed by atoms with Gasteiger partial charge in [-0.1, -0.05) is 19.3 Å². The molecule has 0 radical (unpaired) electrons. The maximum Gasteiger partial charge on any atom is 0.0112 e. The van der Waals surface area contributed by atoms with E-state index in [1.54, 1.807) is 0 Å². The van der Waals surface area contributed by atoms with Gasteiger partial charge in [-0.15, -0.1) is 24.8 Å². The Morgan fingerprint density at radius 1 is 0.750 bits per heavy atom. The van der Waals surface area contributed by atoms with E-state index in [9.17, 15) is 0 Å². The van der Waals surface area contributed by atoms with E-state index >= 15 is 0 Å². The first kappa shape index (κ1) is 16.5. The van der Waals surface area contributed by atoms with Crippen LogP contribution in [-0.4, -0.2) is 49.1 Å². The van der Waals surface area contributed by atoms with Crippen molar-refractivity contribution >= 4 is 24.8 Å². The van der Waals surface area contributed by atoms with E-state index in [2.05, 4.69) is 16.8 Å². The molecule has 0 aromatic heterocycles. The number of hydrogen-bond acceptors (Lipinski definition) is 2. The van der Waals surface area contributed by atoms with Gasteiger partial charge in [0.15, 0.2) is 0 Å². The van der Waals surface area contributed by atoms with Crippen LogP contribution >= 0.6 is 24.8 Å². The van der Waals surface area contributed by atoms with Crippen molar-refractivity contribution in [2.45, 2.75) is 44.6 Å². The van der Waals surface area contributed by atoms with Crippen LogP contribution in [0.5, 0.6) is 0 Å². The summed E-state index contributed by atoms with van der Waals surface area (Å²) in [6, 6.07) is 0.926. The van der Waals surface area contributed by atoms with Crippen LogP contribution in [0.3, 0.4) is 0 Å². The zero-order valence-corrected chi connectivity index (χ0v) is 12.0. The minimum Gasteiger partial charge on any atom is -0.305 e. The highest BCUT2D eigenvalue weighted by atomic mass is 35.5. The quantitative estimate of drug-likeness (QED) is 0.722. The Morgan fingerprint density at radius 3 is 2.12 bits per heavy atom. The highest BCUT2D eigenvalue weighted by Gasteiger charge is 2.22. The third kappa shape index (κ3) is 4.79. The number of nitrogens with zero attached hydrogens (tertiary/aromatic N) is 2. The Morgan fingerprint density at radius 2 is 1.44 bits per heavy atom. The molecule has 2 fully saturated rings. The van der Waals surface area contributed by atoms with Crippen LogP contribution in [0.1, 0.15) is 38.5 Å². The molecule has 0 amide bonds. The summed E-state index contributed by atoms with van der Waals surface area (Å²) in [5.41, 5.74) is 0. The second kappa shape index (κ2) is 8.57. The molecule has 16 heavy (non-hydrogen) atoms. The van der Waals surface area contributed by atoms with Crippen LogP contribution in [-0.2, 0) is 0 Å². The Balaban J connectivity index is 0.00000112. The molecule has 0 atom stereocenters. The second-order valence-corrected chi connectivity index (χ2v) is 4.98. The number of rotatable bonds is 1. The first-order valence-corrected chi connectivity index (χ1v) is 6.29. The molecule has 1 saturated carbocycles. The average molecular weight is 269 g/mol. The van der Waals surface area contributed by atoms with Gasteiger partial charge in [0, 0.05) is 19.1 Å². The average Bonchev–Trinajstić information content (AvgIpc) is 2.44. The van der Waals surface area contributed by atoms with Gasteiger partial charge in [-0.3, -0.25) is 4.90 Å². The van der Waals surface area contributed by atoms with Crippen LogP contribution in [0, 0.1) is 0 Å². The molecule has 0 N–H and O–H groups in total. The smallest absolute Gasteiger partial charge is 0.0112 e. The van der Waals surface area contributed by atoms with Gasteiger partial charge in [-0.25, -0.2) is 0 Å². The zero-order valence-electron chi connectivity index (χ0n) is 10.4. The Kier molecular flexibility index (Phi) is 8.84. The Bertz CT molecular complexity index is 172. The molecule has 1 saturated heterocycles. The van der Waals surface area contributed by atoms with Crippen molar-refractivity contribution in [3.63, 3.8) is 0 Å². The molecule has 1 aliphatic heterocycles. The van der Waals surface area contributed by atoms with Gasteiger partial charge >= 0.3 is 0 Å². The maximum atomic E-state index is 2.75. The van der Waals surface area contributed by atoms with E-state index in [0.29, 0.717) is 0 Å². The Labute approximate surface area is 113 Å². The first-order valence-electron chi connectivity index (χ1n) is 6.29. The third-order valence-corrected chi connectivity index (χ3v) is 3.85. The van der Waals surface area contributed by atoms with Crippen LogP contribution in [0.15, 0.2) is 0 Å². The molecule has 98 valence electrons. The van der Waals surface area contributed by atoms with Gasteiger partial charge in [0.1, 0.15) is 0 Å². The fraction of sp³-hybridized carbons (Fsp3) is 1.00. The van der Waals surface area contributed by atoms with Gasteiger partial charge < -0.3 is 4.90 Å². The summed E-state index contributed by atoms with van der Waals surface area (Å²) in [5.74, 6) is 0. The molecule has 0 spiro atoms. The third-order valence-electron chi connectivity index (χ3n) is 3.85. The predicted molar refractivity (Wildman–Crippen MR) is 75.1 cm³/mol. The molecule has 0 unspecified atom stereocenters. The molecular weight excluding hydrogens is 243 g/mol. The van der Waals surface area contributed by atoms with Gasteiger partial charge in [-0.05, 0) is 39.4 Å². The maximum absolute atomic E-state index is 2.75. The molecule has 2 nitrogen and oxygen atoms in total. The fourth-order valence-corrected chi connectivity index (χ4v) is 2.88. The first-order chi connectivity index (χ1) is 6.86. The van der Waals surface area contributed by atoms with Crippen LogP contribution in [0.2, 0.25) is 0 Å². The summed E-state index contributed by atoms with van der Waals surface area (Å²) < 4.78 is 0. The van der Waals surface area contributed by atoms with Crippen LogP contribution < -0.4 is 0 Å². The van der Waals surface area contributed by atoms with E-state index < -0.39 is 0 Å². The SMILES string of the molecule is CN1CCCN(C2CCCCC2)CC1.Cl.Cl. The van der Waals surface area contributed by atoms with Crippen LogP contribution in [0.25, 0.3) is 0 Å².